The minimum atomic E-state index is -0.996. The molecule has 0 spiro atoms. The molecule has 0 amide bonds. The largest absolute Gasteiger partial charge is 0.478 e. The number of pyridine rings is 1. The van der Waals surface area contributed by atoms with E-state index in [1.165, 1.54) is 6.07 Å². The van der Waals surface area contributed by atoms with Crippen molar-refractivity contribution in [1.82, 2.24) is 4.98 Å². The summed E-state index contributed by atoms with van der Waals surface area (Å²) in [4.78, 5) is 15.5. The van der Waals surface area contributed by atoms with Gasteiger partial charge in [0.25, 0.3) is 0 Å². The normalized spacial score (nSPS) is 10.3. The van der Waals surface area contributed by atoms with Gasteiger partial charge in [-0.05, 0) is 42.3 Å². The molecule has 0 atom stereocenters. The van der Waals surface area contributed by atoms with Crippen LogP contribution in [0.4, 0.5) is 0 Å². The summed E-state index contributed by atoms with van der Waals surface area (Å²) in [5.74, 6) is -0.131. The number of aromatic carboxylic acids is 1. The summed E-state index contributed by atoms with van der Waals surface area (Å²) in [6.45, 7) is 2.01. The molecule has 0 fully saturated rings. The number of hydrogen-bond donors (Lipinski definition) is 1. The van der Waals surface area contributed by atoms with E-state index in [0.717, 1.165) is 16.7 Å². The fourth-order valence-electron chi connectivity index (χ4n) is 2.22. The number of carboxylic acids is 1. The van der Waals surface area contributed by atoms with Gasteiger partial charge in [0.15, 0.2) is 0 Å². The van der Waals surface area contributed by atoms with Crippen LogP contribution in [0.2, 0.25) is 0 Å². The third-order valence-corrected chi connectivity index (χ3v) is 3.40. The Labute approximate surface area is 134 Å². The van der Waals surface area contributed by atoms with Gasteiger partial charge in [0, 0.05) is 12.3 Å². The Morgan fingerprint density at radius 1 is 1.00 bits per heavy atom. The lowest BCUT2D eigenvalue weighted by molar-refractivity contribution is 0.0696. The van der Waals surface area contributed by atoms with Crippen LogP contribution in [-0.4, -0.2) is 16.1 Å². The number of aryl methyl sites for hydroxylation is 1. The number of ether oxygens (including phenoxy) is 1. The average Bonchev–Trinajstić information content (AvgIpc) is 2.56. The predicted octanol–water partition coefficient (Wildman–Crippen LogP) is 4.55. The summed E-state index contributed by atoms with van der Waals surface area (Å²) >= 11 is 0. The first-order valence-electron chi connectivity index (χ1n) is 7.16. The third kappa shape index (κ3) is 3.55. The molecule has 0 bridgehead atoms. The van der Waals surface area contributed by atoms with Crippen LogP contribution >= 0.6 is 0 Å². The minimum absolute atomic E-state index is 0.175. The minimum Gasteiger partial charge on any atom is -0.478 e. The standard InChI is InChI=1S/C19H15NO3/c1-13-5-7-14(8-6-13)15-10-16(19(21)22)12-17(11-15)23-18-4-2-3-9-20-18/h2-12H,1H3,(H,21,22). The molecule has 3 aromatic rings. The van der Waals surface area contributed by atoms with Crippen molar-refractivity contribution in [2.75, 3.05) is 0 Å². The number of benzene rings is 2. The SMILES string of the molecule is Cc1ccc(-c2cc(Oc3ccccn3)cc(C(=O)O)c2)cc1. The quantitative estimate of drug-likeness (QED) is 0.768. The van der Waals surface area contributed by atoms with Crippen molar-refractivity contribution < 1.29 is 14.6 Å². The molecule has 0 radical (unpaired) electrons. The monoisotopic (exact) mass is 305 g/mol. The van der Waals surface area contributed by atoms with E-state index in [4.69, 9.17) is 4.74 Å². The van der Waals surface area contributed by atoms with Gasteiger partial charge >= 0.3 is 5.97 Å². The van der Waals surface area contributed by atoms with Gasteiger partial charge in [-0.15, -0.1) is 0 Å². The highest BCUT2D eigenvalue weighted by atomic mass is 16.5. The van der Waals surface area contributed by atoms with Crippen molar-refractivity contribution in [2.45, 2.75) is 6.92 Å². The number of nitrogens with zero attached hydrogens (tertiary/aromatic N) is 1. The van der Waals surface area contributed by atoms with Crippen molar-refractivity contribution in [1.29, 1.82) is 0 Å². The Balaban J connectivity index is 2.02. The molecule has 23 heavy (non-hydrogen) atoms. The Morgan fingerprint density at radius 3 is 2.43 bits per heavy atom. The topological polar surface area (TPSA) is 59.4 Å². The summed E-state index contributed by atoms with van der Waals surface area (Å²) < 4.78 is 5.68. The molecule has 0 saturated carbocycles. The molecule has 1 aromatic heterocycles. The lowest BCUT2D eigenvalue weighted by Crippen LogP contribution is -1.98. The zero-order chi connectivity index (χ0) is 16.2. The average molecular weight is 305 g/mol. The maximum atomic E-state index is 11.4. The first kappa shape index (κ1) is 14.8. The van der Waals surface area contributed by atoms with Gasteiger partial charge in [-0.2, -0.15) is 0 Å². The van der Waals surface area contributed by atoms with E-state index < -0.39 is 5.97 Å². The zero-order valence-electron chi connectivity index (χ0n) is 12.6. The summed E-state index contributed by atoms with van der Waals surface area (Å²) in [6.07, 6.45) is 1.62. The van der Waals surface area contributed by atoms with Crippen molar-refractivity contribution in [3.63, 3.8) is 0 Å². The Bertz CT molecular complexity index is 827. The van der Waals surface area contributed by atoms with Gasteiger partial charge in [-0.25, -0.2) is 9.78 Å². The van der Waals surface area contributed by atoms with E-state index >= 15 is 0 Å². The Kier molecular flexibility index (Phi) is 4.06. The molecule has 114 valence electrons. The van der Waals surface area contributed by atoms with Crippen molar-refractivity contribution >= 4 is 5.97 Å². The second-order valence-electron chi connectivity index (χ2n) is 5.19. The lowest BCUT2D eigenvalue weighted by atomic mass is 10.0. The van der Waals surface area contributed by atoms with Gasteiger partial charge in [0.1, 0.15) is 5.75 Å². The van der Waals surface area contributed by atoms with Crippen LogP contribution in [0.5, 0.6) is 11.6 Å². The van der Waals surface area contributed by atoms with Crippen LogP contribution in [0, 0.1) is 6.92 Å². The second-order valence-corrected chi connectivity index (χ2v) is 5.19. The van der Waals surface area contributed by atoms with E-state index in [0.29, 0.717) is 11.6 Å². The number of hydrogen-bond acceptors (Lipinski definition) is 3. The maximum absolute atomic E-state index is 11.4. The van der Waals surface area contributed by atoms with E-state index in [2.05, 4.69) is 4.98 Å². The third-order valence-electron chi connectivity index (χ3n) is 3.40. The van der Waals surface area contributed by atoms with E-state index in [-0.39, 0.29) is 5.56 Å². The van der Waals surface area contributed by atoms with Crippen LogP contribution in [-0.2, 0) is 0 Å². The van der Waals surface area contributed by atoms with Crippen LogP contribution in [0.1, 0.15) is 15.9 Å². The van der Waals surface area contributed by atoms with Crippen molar-refractivity contribution in [2.24, 2.45) is 0 Å². The van der Waals surface area contributed by atoms with E-state index in [1.54, 1.807) is 24.4 Å². The first-order valence-corrected chi connectivity index (χ1v) is 7.16. The highest BCUT2D eigenvalue weighted by Gasteiger charge is 2.10. The zero-order valence-corrected chi connectivity index (χ0v) is 12.6. The first-order chi connectivity index (χ1) is 11.1. The molecule has 0 aliphatic rings. The van der Waals surface area contributed by atoms with Crippen LogP contribution in [0.3, 0.4) is 0 Å². The molecule has 0 unspecified atom stereocenters. The number of rotatable bonds is 4. The van der Waals surface area contributed by atoms with Crippen LogP contribution < -0.4 is 4.74 Å². The van der Waals surface area contributed by atoms with Crippen molar-refractivity contribution in [3.05, 3.63) is 78.0 Å². The molecule has 4 heteroatoms. The number of aromatic nitrogens is 1. The van der Waals surface area contributed by atoms with Crippen molar-refractivity contribution in [3.8, 4) is 22.8 Å². The molecular weight excluding hydrogens is 290 g/mol. The number of carboxylic acid groups (broad SMARTS) is 1. The van der Waals surface area contributed by atoms with Crippen LogP contribution in [0.25, 0.3) is 11.1 Å². The van der Waals surface area contributed by atoms with Gasteiger partial charge in [-0.3, -0.25) is 0 Å². The molecule has 0 aliphatic carbocycles. The van der Waals surface area contributed by atoms with Gasteiger partial charge in [0.2, 0.25) is 5.88 Å². The summed E-state index contributed by atoms with van der Waals surface area (Å²) in [6, 6.07) is 18.2. The van der Waals surface area contributed by atoms with Crippen LogP contribution in [0.15, 0.2) is 66.9 Å². The van der Waals surface area contributed by atoms with Gasteiger partial charge in [0.05, 0.1) is 5.56 Å². The highest BCUT2D eigenvalue weighted by molar-refractivity contribution is 5.90. The molecule has 1 N–H and O–H groups in total. The summed E-state index contributed by atoms with van der Waals surface area (Å²) in [5.41, 5.74) is 3.04. The molecule has 0 saturated heterocycles. The highest BCUT2D eigenvalue weighted by Crippen LogP contribution is 2.29. The maximum Gasteiger partial charge on any atom is 0.335 e. The number of carbonyl (C=O) groups is 1. The van der Waals surface area contributed by atoms with Gasteiger partial charge in [-0.1, -0.05) is 35.9 Å². The van der Waals surface area contributed by atoms with Gasteiger partial charge < -0.3 is 9.84 Å². The fourth-order valence-corrected chi connectivity index (χ4v) is 2.22. The Hall–Kier alpha value is -3.14. The molecule has 1 heterocycles. The van der Waals surface area contributed by atoms with E-state index in [9.17, 15) is 9.90 Å². The summed E-state index contributed by atoms with van der Waals surface area (Å²) in [7, 11) is 0. The molecule has 4 nitrogen and oxygen atoms in total. The van der Waals surface area contributed by atoms with E-state index in [1.807, 2.05) is 43.3 Å². The molecule has 3 rings (SSSR count). The fraction of sp³-hybridized carbons (Fsp3) is 0.0526. The smallest absolute Gasteiger partial charge is 0.335 e. The second kappa shape index (κ2) is 6.32. The lowest BCUT2D eigenvalue weighted by Gasteiger charge is -2.09. The Morgan fingerprint density at radius 2 is 1.78 bits per heavy atom. The predicted molar refractivity (Wildman–Crippen MR) is 87.9 cm³/mol. The summed E-state index contributed by atoms with van der Waals surface area (Å²) in [5, 5.41) is 9.32. The molecule has 2 aromatic carbocycles. The molecule has 0 aliphatic heterocycles. The molecular formula is C19H15NO3.